The number of amides is 2. The molecule has 0 aromatic carbocycles. The van der Waals surface area contributed by atoms with Crippen molar-refractivity contribution >= 4 is 12.0 Å². The Bertz CT molecular complexity index is 933. The van der Waals surface area contributed by atoms with E-state index in [-0.39, 0.29) is 11.9 Å². The normalized spacial score (nSPS) is 20.3. The SMILES string of the molecule is C=CCN(CC1C(C(=C)C)=C(NC2C=CC(C(C)C)=CC2)CCN1C(=O)OC(C)(C)C)C(=O)C=C. The van der Waals surface area contributed by atoms with Gasteiger partial charge >= 0.3 is 6.09 Å². The second-order valence-corrected chi connectivity index (χ2v) is 10.6. The summed E-state index contributed by atoms with van der Waals surface area (Å²) in [6.07, 6.45) is 10.8. The number of nitrogens with one attached hydrogen (secondary N) is 1. The molecule has 1 N–H and O–H groups in total. The molecular formula is C29H43N3O3. The summed E-state index contributed by atoms with van der Waals surface area (Å²) in [5.74, 6) is 0.286. The fourth-order valence-electron chi connectivity index (χ4n) is 4.44. The summed E-state index contributed by atoms with van der Waals surface area (Å²) in [7, 11) is 0. The average Bonchev–Trinajstić information content (AvgIpc) is 2.77. The van der Waals surface area contributed by atoms with Crippen molar-refractivity contribution in [3.63, 3.8) is 0 Å². The summed E-state index contributed by atoms with van der Waals surface area (Å²) in [4.78, 5) is 29.2. The number of carbonyl (C=O) groups excluding carboxylic acids is 2. The van der Waals surface area contributed by atoms with Gasteiger partial charge in [-0.05, 0) is 57.3 Å². The highest BCUT2D eigenvalue weighted by molar-refractivity contribution is 5.87. The quantitative estimate of drug-likeness (QED) is 0.348. The van der Waals surface area contributed by atoms with E-state index in [1.807, 2.05) is 27.7 Å². The Morgan fingerprint density at radius 3 is 2.49 bits per heavy atom. The molecule has 6 heteroatoms. The predicted molar refractivity (Wildman–Crippen MR) is 144 cm³/mol. The van der Waals surface area contributed by atoms with E-state index in [0.29, 0.717) is 32.0 Å². The zero-order valence-electron chi connectivity index (χ0n) is 22.4. The number of carbonyl (C=O) groups is 2. The van der Waals surface area contributed by atoms with Crippen molar-refractivity contribution in [2.24, 2.45) is 5.92 Å². The van der Waals surface area contributed by atoms with E-state index in [2.05, 4.69) is 57.1 Å². The van der Waals surface area contributed by atoms with Crippen molar-refractivity contribution in [1.82, 2.24) is 15.1 Å². The van der Waals surface area contributed by atoms with Crippen LogP contribution in [0.15, 0.2) is 72.5 Å². The van der Waals surface area contributed by atoms with Crippen LogP contribution in [0.25, 0.3) is 0 Å². The van der Waals surface area contributed by atoms with Crippen LogP contribution in [0.1, 0.15) is 54.4 Å². The highest BCUT2D eigenvalue weighted by atomic mass is 16.6. The van der Waals surface area contributed by atoms with Crippen molar-refractivity contribution < 1.29 is 14.3 Å². The smallest absolute Gasteiger partial charge is 0.410 e. The summed E-state index contributed by atoms with van der Waals surface area (Å²) in [5.41, 5.74) is 3.58. The van der Waals surface area contributed by atoms with E-state index in [9.17, 15) is 9.59 Å². The maximum Gasteiger partial charge on any atom is 0.410 e. The van der Waals surface area contributed by atoms with Gasteiger partial charge < -0.3 is 15.0 Å². The van der Waals surface area contributed by atoms with Crippen LogP contribution in [0, 0.1) is 5.92 Å². The minimum absolute atomic E-state index is 0.162. The number of allylic oxidation sites excluding steroid dienone is 2. The van der Waals surface area contributed by atoms with Crippen LogP contribution in [0.3, 0.4) is 0 Å². The van der Waals surface area contributed by atoms with Gasteiger partial charge in [0.2, 0.25) is 5.91 Å². The van der Waals surface area contributed by atoms with Gasteiger partial charge in [-0.3, -0.25) is 9.69 Å². The van der Waals surface area contributed by atoms with Gasteiger partial charge in [0, 0.05) is 37.8 Å². The number of hydrogen-bond donors (Lipinski definition) is 1. The molecular weight excluding hydrogens is 438 g/mol. The molecule has 2 atom stereocenters. The highest BCUT2D eigenvalue weighted by Gasteiger charge is 2.37. The third-order valence-electron chi connectivity index (χ3n) is 6.11. The second-order valence-electron chi connectivity index (χ2n) is 10.6. The molecule has 0 aromatic rings. The van der Waals surface area contributed by atoms with Crippen LogP contribution < -0.4 is 5.32 Å². The van der Waals surface area contributed by atoms with E-state index in [4.69, 9.17) is 4.74 Å². The van der Waals surface area contributed by atoms with Gasteiger partial charge in [0.25, 0.3) is 0 Å². The molecule has 0 saturated heterocycles. The molecule has 2 amide bonds. The van der Waals surface area contributed by atoms with Crippen LogP contribution >= 0.6 is 0 Å². The zero-order chi connectivity index (χ0) is 26.3. The molecule has 0 fully saturated rings. The van der Waals surface area contributed by atoms with Crippen molar-refractivity contribution in [3.8, 4) is 0 Å². The lowest BCUT2D eigenvalue weighted by atomic mass is 9.90. The van der Waals surface area contributed by atoms with Crippen molar-refractivity contribution in [2.45, 2.75) is 72.1 Å². The fraction of sp³-hybridized carbons (Fsp3) is 0.517. The molecule has 1 aliphatic heterocycles. The first-order chi connectivity index (χ1) is 16.4. The number of nitrogens with zero attached hydrogens (tertiary/aromatic N) is 2. The van der Waals surface area contributed by atoms with E-state index in [0.717, 1.165) is 23.3 Å². The summed E-state index contributed by atoms with van der Waals surface area (Å²) in [6, 6.07) is -0.244. The Kier molecular flexibility index (Phi) is 9.75. The molecule has 2 unspecified atom stereocenters. The maximum atomic E-state index is 13.2. The molecule has 35 heavy (non-hydrogen) atoms. The van der Waals surface area contributed by atoms with Crippen LogP contribution in [0.2, 0.25) is 0 Å². The van der Waals surface area contributed by atoms with Gasteiger partial charge in [0.05, 0.1) is 6.04 Å². The van der Waals surface area contributed by atoms with Crippen molar-refractivity contribution in [1.29, 1.82) is 0 Å². The molecule has 0 aromatic heterocycles. The lowest BCUT2D eigenvalue weighted by Crippen LogP contribution is -2.54. The topological polar surface area (TPSA) is 61.9 Å². The number of rotatable bonds is 9. The summed E-state index contributed by atoms with van der Waals surface area (Å²) in [5, 5.41) is 3.70. The molecule has 2 rings (SSSR count). The lowest BCUT2D eigenvalue weighted by molar-refractivity contribution is -0.126. The first kappa shape index (κ1) is 28.2. The summed E-state index contributed by atoms with van der Waals surface area (Å²) < 4.78 is 5.73. The Balaban J connectivity index is 2.44. The predicted octanol–water partition coefficient (Wildman–Crippen LogP) is 5.53. The molecule has 1 heterocycles. The maximum absolute atomic E-state index is 13.2. The van der Waals surface area contributed by atoms with Gasteiger partial charge in [-0.1, -0.05) is 56.9 Å². The summed E-state index contributed by atoms with van der Waals surface area (Å²) in [6.45, 7) is 24.7. The first-order valence-corrected chi connectivity index (χ1v) is 12.4. The van der Waals surface area contributed by atoms with E-state index in [1.165, 1.54) is 11.6 Å². The van der Waals surface area contributed by atoms with Crippen LogP contribution in [-0.4, -0.2) is 59.1 Å². The van der Waals surface area contributed by atoms with Gasteiger partial charge in [0.1, 0.15) is 5.60 Å². The molecule has 0 radical (unpaired) electrons. The zero-order valence-corrected chi connectivity index (χ0v) is 22.4. The highest BCUT2D eigenvalue weighted by Crippen LogP contribution is 2.31. The van der Waals surface area contributed by atoms with E-state index in [1.54, 1.807) is 15.9 Å². The monoisotopic (exact) mass is 481 g/mol. The fourth-order valence-corrected chi connectivity index (χ4v) is 4.44. The first-order valence-electron chi connectivity index (χ1n) is 12.4. The third-order valence-corrected chi connectivity index (χ3v) is 6.11. The Hall–Kier alpha value is -3.02. The van der Waals surface area contributed by atoms with Crippen LogP contribution in [0.4, 0.5) is 4.79 Å². The molecule has 6 nitrogen and oxygen atoms in total. The molecule has 0 bridgehead atoms. The molecule has 2 aliphatic rings. The Morgan fingerprint density at radius 1 is 1.31 bits per heavy atom. The van der Waals surface area contributed by atoms with E-state index >= 15 is 0 Å². The van der Waals surface area contributed by atoms with Crippen molar-refractivity contribution in [2.75, 3.05) is 19.6 Å². The standard InChI is InChI=1S/C29H43N3O3/c1-10-17-31(26(33)11-2)19-25-27(21(5)6)24(16-18-32(25)28(34)35-29(7,8)9)30-23-14-12-22(13-15-23)20(3)4/h10-14,20,23,25,30H,1-2,5,15-19H2,3-4,6-9H3. The van der Waals surface area contributed by atoms with Crippen LogP contribution in [-0.2, 0) is 9.53 Å². The van der Waals surface area contributed by atoms with Gasteiger partial charge in [-0.25, -0.2) is 4.79 Å². The van der Waals surface area contributed by atoms with E-state index < -0.39 is 17.7 Å². The van der Waals surface area contributed by atoms with Gasteiger partial charge in [0.15, 0.2) is 0 Å². The summed E-state index contributed by atoms with van der Waals surface area (Å²) >= 11 is 0. The number of ether oxygens (including phenoxy) is 1. The largest absolute Gasteiger partial charge is 0.444 e. The van der Waals surface area contributed by atoms with Crippen LogP contribution in [0.5, 0.6) is 0 Å². The Labute approximate surface area is 211 Å². The Morgan fingerprint density at radius 2 is 2.00 bits per heavy atom. The third kappa shape index (κ3) is 7.74. The molecule has 192 valence electrons. The molecule has 0 saturated carbocycles. The van der Waals surface area contributed by atoms with Gasteiger partial charge in [-0.15, -0.1) is 6.58 Å². The van der Waals surface area contributed by atoms with Crippen molar-refractivity contribution in [3.05, 3.63) is 72.5 Å². The molecule has 1 aliphatic carbocycles. The minimum atomic E-state index is -0.627. The van der Waals surface area contributed by atoms with Gasteiger partial charge in [-0.2, -0.15) is 0 Å². The average molecular weight is 482 g/mol. The lowest BCUT2D eigenvalue weighted by Gasteiger charge is -2.42. The molecule has 0 spiro atoms. The number of hydrogen-bond acceptors (Lipinski definition) is 4. The minimum Gasteiger partial charge on any atom is -0.444 e. The second kappa shape index (κ2) is 12.1.